The molecule has 0 aliphatic rings. The zero-order chi connectivity index (χ0) is 12.2. The highest BCUT2D eigenvalue weighted by molar-refractivity contribution is 5.92. The zero-order valence-corrected chi connectivity index (χ0v) is 8.07. The lowest BCUT2D eigenvalue weighted by atomic mass is 10.3. The van der Waals surface area contributed by atoms with Gasteiger partial charge in [0.15, 0.2) is 0 Å². The summed E-state index contributed by atoms with van der Waals surface area (Å²) in [5, 5.41) is 7.46. The number of hydrogen-bond donors (Lipinski definition) is 2. The van der Waals surface area contributed by atoms with Crippen LogP contribution in [0.3, 0.4) is 0 Å². The van der Waals surface area contributed by atoms with E-state index in [2.05, 4.69) is 4.98 Å². The summed E-state index contributed by atoms with van der Waals surface area (Å²) in [6, 6.07) is 0. The van der Waals surface area contributed by atoms with Crippen LogP contribution in [0.4, 0.5) is 13.2 Å². The molecular weight excluding hydrogens is 221 g/mol. The van der Waals surface area contributed by atoms with Crippen LogP contribution in [0.25, 0.3) is 0 Å². The predicted molar refractivity (Wildman–Crippen MR) is 52.8 cm³/mol. The second kappa shape index (κ2) is 4.65. The van der Waals surface area contributed by atoms with Gasteiger partial charge in [-0.3, -0.25) is 9.98 Å². The smallest absolute Gasteiger partial charge is 0.399 e. The highest BCUT2D eigenvalue weighted by Crippen LogP contribution is 2.16. The van der Waals surface area contributed by atoms with Gasteiger partial charge in [-0.25, -0.2) is 4.98 Å². The molecule has 3 N–H and O–H groups in total. The number of hydrogen-bond acceptors (Lipinski definition) is 3. The summed E-state index contributed by atoms with van der Waals surface area (Å²) in [7, 11) is 0. The lowest BCUT2D eigenvalue weighted by molar-refractivity contribution is -0.0798. The summed E-state index contributed by atoms with van der Waals surface area (Å²) in [5.41, 5.74) is 5.13. The van der Waals surface area contributed by atoms with E-state index < -0.39 is 6.18 Å². The minimum Gasteiger partial charge on any atom is -0.399 e. The largest absolute Gasteiger partial charge is 0.409 e. The van der Waals surface area contributed by atoms with Gasteiger partial charge in [0.05, 0.1) is 0 Å². The second-order valence-corrected chi connectivity index (χ2v) is 2.87. The van der Waals surface area contributed by atoms with Gasteiger partial charge >= 0.3 is 6.18 Å². The Morgan fingerprint density at radius 2 is 2.12 bits per heavy atom. The normalized spacial score (nSPS) is 13.3. The maximum atomic E-state index is 11.8. The predicted octanol–water partition coefficient (Wildman–Crippen LogP) is 1.67. The van der Waals surface area contributed by atoms with Crippen molar-refractivity contribution in [2.75, 3.05) is 0 Å². The fraction of sp³-hybridized carbons (Fsp3) is 0.111. The molecule has 0 bridgehead atoms. The van der Waals surface area contributed by atoms with Gasteiger partial charge in [0.25, 0.3) is 0 Å². The highest BCUT2D eigenvalue weighted by Gasteiger charge is 2.21. The summed E-state index contributed by atoms with van der Waals surface area (Å²) in [6.45, 7) is 0. The standard InChI is InChI=1S/C9H9F3N4/c10-9(11,12)2-1-7(13)5-8(14)16-4-3-15-6-16/h1-6,14H,13H2/b2-1+,7-5+,14-8?. The van der Waals surface area contributed by atoms with Crippen LogP contribution in [0, 0.1) is 5.41 Å². The van der Waals surface area contributed by atoms with E-state index in [1.165, 1.54) is 23.3 Å². The summed E-state index contributed by atoms with van der Waals surface area (Å²) >= 11 is 0. The van der Waals surface area contributed by atoms with Gasteiger partial charge in [-0.05, 0) is 6.08 Å². The zero-order valence-electron chi connectivity index (χ0n) is 8.07. The molecule has 1 rings (SSSR count). The fourth-order valence-corrected chi connectivity index (χ4v) is 0.873. The van der Waals surface area contributed by atoms with Gasteiger partial charge in [-0.15, -0.1) is 0 Å². The van der Waals surface area contributed by atoms with E-state index in [-0.39, 0.29) is 17.6 Å². The van der Waals surface area contributed by atoms with Crippen LogP contribution in [0.15, 0.2) is 42.6 Å². The Kier molecular flexibility index (Phi) is 3.49. The Morgan fingerprint density at radius 3 is 2.62 bits per heavy atom. The molecule has 4 nitrogen and oxygen atoms in total. The first kappa shape index (κ1) is 12.0. The first-order chi connectivity index (χ1) is 7.38. The molecule has 1 heterocycles. The first-order valence-corrected chi connectivity index (χ1v) is 4.18. The third-order valence-corrected chi connectivity index (χ3v) is 1.55. The van der Waals surface area contributed by atoms with Crippen molar-refractivity contribution in [1.82, 2.24) is 9.55 Å². The molecule has 0 amide bonds. The van der Waals surface area contributed by atoms with E-state index in [1.54, 1.807) is 0 Å². The average Bonchev–Trinajstić information content (AvgIpc) is 2.66. The third kappa shape index (κ3) is 3.99. The summed E-state index contributed by atoms with van der Waals surface area (Å²) in [6.07, 6.45) is 1.69. The second-order valence-electron chi connectivity index (χ2n) is 2.87. The first-order valence-electron chi connectivity index (χ1n) is 4.18. The Labute approximate surface area is 89.4 Å². The Bertz CT molecular complexity index is 414. The van der Waals surface area contributed by atoms with Gasteiger partial charge in [-0.2, -0.15) is 13.2 Å². The van der Waals surface area contributed by atoms with E-state index in [9.17, 15) is 13.2 Å². The molecule has 0 spiro atoms. The van der Waals surface area contributed by atoms with Gasteiger partial charge in [0, 0.05) is 30.2 Å². The van der Waals surface area contributed by atoms with Crippen molar-refractivity contribution in [2.24, 2.45) is 5.73 Å². The van der Waals surface area contributed by atoms with Gasteiger partial charge in [0.2, 0.25) is 0 Å². The molecule has 0 fully saturated rings. The molecule has 7 heteroatoms. The van der Waals surface area contributed by atoms with Crippen molar-refractivity contribution in [1.29, 1.82) is 5.41 Å². The number of nitrogens with two attached hydrogens (primary N) is 1. The molecule has 0 aliphatic heterocycles. The lowest BCUT2D eigenvalue weighted by Gasteiger charge is -2.00. The quantitative estimate of drug-likeness (QED) is 0.461. The third-order valence-electron chi connectivity index (χ3n) is 1.55. The van der Waals surface area contributed by atoms with Crippen LogP contribution in [0.5, 0.6) is 0 Å². The van der Waals surface area contributed by atoms with Crippen LogP contribution in [-0.2, 0) is 0 Å². The van der Waals surface area contributed by atoms with E-state index in [1.807, 2.05) is 0 Å². The van der Waals surface area contributed by atoms with E-state index >= 15 is 0 Å². The number of alkyl halides is 3. The summed E-state index contributed by atoms with van der Waals surface area (Å²) < 4.78 is 36.7. The van der Waals surface area contributed by atoms with Crippen LogP contribution in [0.2, 0.25) is 0 Å². The average molecular weight is 230 g/mol. The summed E-state index contributed by atoms with van der Waals surface area (Å²) in [5.74, 6) is -0.0678. The maximum Gasteiger partial charge on any atom is 0.409 e. The topological polar surface area (TPSA) is 67.7 Å². The van der Waals surface area contributed by atoms with Gasteiger partial charge in [-0.1, -0.05) is 0 Å². The molecule has 0 atom stereocenters. The molecule has 0 aliphatic carbocycles. The molecular formula is C9H9F3N4. The highest BCUT2D eigenvalue weighted by atomic mass is 19.4. The Morgan fingerprint density at radius 1 is 1.44 bits per heavy atom. The van der Waals surface area contributed by atoms with Crippen molar-refractivity contribution >= 4 is 5.84 Å². The Hall–Kier alpha value is -2.05. The summed E-state index contributed by atoms with van der Waals surface area (Å²) in [4.78, 5) is 3.69. The monoisotopic (exact) mass is 230 g/mol. The van der Waals surface area contributed by atoms with E-state index in [0.717, 1.165) is 6.08 Å². The number of allylic oxidation sites excluding steroid dienone is 3. The minimum absolute atomic E-state index is 0.0139. The van der Waals surface area contributed by atoms with Gasteiger partial charge < -0.3 is 5.73 Å². The van der Waals surface area contributed by atoms with Crippen LogP contribution < -0.4 is 5.73 Å². The molecule has 0 saturated heterocycles. The molecule has 16 heavy (non-hydrogen) atoms. The van der Waals surface area contributed by atoms with Crippen LogP contribution in [-0.4, -0.2) is 21.6 Å². The number of rotatable bonds is 2. The number of nitrogens with one attached hydrogen (secondary N) is 1. The van der Waals surface area contributed by atoms with Crippen LogP contribution >= 0.6 is 0 Å². The molecule has 0 aromatic carbocycles. The number of nitrogens with zero attached hydrogens (tertiary/aromatic N) is 2. The molecule has 0 saturated carbocycles. The number of aromatic nitrogens is 2. The van der Waals surface area contributed by atoms with E-state index in [0.29, 0.717) is 6.08 Å². The number of halogens is 3. The van der Waals surface area contributed by atoms with Crippen molar-refractivity contribution < 1.29 is 13.2 Å². The maximum absolute atomic E-state index is 11.8. The van der Waals surface area contributed by atoms with Crippen molar-refractivity contribution in [3.8, 4) is 0 Å². The molecule has 0 radical (unpaired) electrons. The van der Waals surface area contributed by atoms with Crippen LogP contribution in [0.1, 0.15) is 0 Å². The molecule has 1 aromatic rings. The molecule has 86 valence electrons. The van der Waals surface area contributed by atoms with E-state index in [4.69, 9.17) is 11.1 Å². The molecule has 0 unspecified atom stereocenters. The van der Waals surface area contributed by atoms with Crippen molar-refractivity contribution in [2.45, 2.75) is 6.18 Å². The fourth-order valence-electron chi connectivity index (χ4n) is 0.873. The number of imidazole rings is 1. The Balaban J connectivity index is 2.71. The molecule has 1 aromatic heterocycles. The van der Waals surface area contributed by atoms with Crippen molar-refractivity contribution in [3.05, 3.63) is 42.6 Å². The van der Waals surface area contributed by atoms with Crippen molar-refractivity contribution in [3.63, 3.8) is 0 Å². The minimum atomic E-state index is -4.41. The SMILES string of the molecule is N=C(/C=C(N)\C=C\C(F)(F)F)n1ccnc1. The van der Waals surface area contributed by atoms with Gasteiger partial charge in [0.1, 0.15) is 12.2 Å². The lowest BCUT2D eigenvalue weighted by Crippen LogP contribution is -2.08.